The van der Waals surface area contributed by atoms with Crippen molar-refractivity contribution in [3.05, 3.63) is 30.1 Å². The van der Waals surface area contributed by atoms with E-state index < -0.39 is 11.9 Å². The van der Waals surface area contributed by atoms with E-state index in [1.54, 1.807) is 11.1 Å². The van der Waals surface area contributed by atoms with Crippen LogP contribution in [0.15, 0.2) is 24.4 Å². The minimum Gasteiger partial charge on any atom is -0.368 e. The first kappa shape index (κ1) is 13.5. The zero-order valence-electron chi connectivity index (χ0n) is 10.7. The number of nitrogens with one attached hydrogen (secondary N) is 1. The number of nitrogens with two attached hydrogens (primary N) is 1. The number of aryl methyl sites for hydroxylation is 1. The number of carbonyl (C=O) groups is 2. The summed E-state index contributed by atoms with van der Waals surface area (Å²) in [5.41, 5.74) is 6.19. The van der Waals surface area contributed by atoms with Crippen molar-refractivity contribution in [2.45, 2.75) is 18.9 Å². The molecule has 1 aliphatic heterocycles. The largest absolute Gasteiger partial charge is 0.368 e. The fourth-order valence-electron chi connectivity index (χ4n) is 2.18. The molecular weight excluding hydrogens is 244 g/mol. The molecule has 0 radical (unpaired) electrons. The van der Waals surface area contributed by atoms with Crippen LogP contribution in [0.25, 0.3) is 0 Å². The van der Waals surface area contributed by atoms with Crippen LogP contribution in [0.2, 0.25) is 0 Å². The van der Waals surface area contributed by atoms with Gasteiger partial charge >= 0.3 is 0 Å². The van der Waals surface area contributed by atoms with Crippen molar-refractivity contribution in [1.82, 2.24) is 15.2 Å². The molecule has 102 valence electrons. The quantitative estimate of drug-likeness (QED) is 0.751. The molecule has 1 atom stereocenters. The second kappa shape index (κ2) is 6.29. The van der Waals surface area contributed by atoms with Crippen molar-refractivity contribution in [2.75, 3.05) is 19.6 Å². The predicted octanol–water partition coefficient (Wildman–Crippen LogP) is -0.700. The first-order chi connectivity index (χ1) is 9.18. The summed E-state index contributed by atoms with van der Waals surface area (Å²) in [6.07, 6.45) is 2.63. The molecule has 2 amide bonds. The third-order valence-corrected chi connectivity index (χ3v) is 3.21. The number of aromatic nitrogens is 1. The Labute approximate surface area is 112 Å². The summed E-state index contributed by atoms with van der Waals surface area (Å²) in [5.74, 6) is -0.505. The molecule has 0 aliphatic carbocycles. The summed E-state index contributed by atoms with van der Waals surface area (Å²) in [5, 5.41) is 3.07. The van der Waals surface area contributed by atoms with Gasteiger partial charge in [-0.05, 0) is 18.6 Å². The Bertz CT molecular complexity index is 449. The van der Waals surface area contributed by atoms with Crippen LogP contribution in [-0.2, 0) is 16.0 Å². The first-order valence-corrected chi connectivity index (χ1v) is 6.38. The zero-order valence-corrected chi connectivity index (χ0v) is 10.7. The first-order valence-electron chi connectivity index (χ1n) is 6.38. The van der Waals surface area contributed by atoms with E-state index in [1.807, 2.05) is 18.2 Å². The number of rotatable bonds is 4. The van der Waals surface area contributed by atoms with Gasteiger partial charge in [-0.25, -0.2) is 0 Å². The number of piperazine rings is 1. The third-order valence-electron chi connectivity index (χ3n) is 3.21. The van der Waals surface area contributed by atoms with Crippen molar-refractivity contribution < 1.29 is 9.59 Å². The van der Waals surface area contributed by atoms with Crippen LogP contribution >= 0.6 is 0 Å². The summed E-state index contributed by atoms with van der Waals surface area (Å²) >= 11 is 0. The minimum atomic E-state index is -0.537. The van der Waals surface area contributed by atoms with Crippen LogP contribution in [0.3, 0.4) is 0 Å². The maximum atomic E-state index is 12.1. The molecule has 2 rings (SSSR count). The van der Waals surface area contributed by atoms with Crippen LogP contribution in [0.5, 0.6) is 0 Å². The Morgan fingerprint density at radius 1 is 1.47 bits per heavy atom. The topological polar surface area (TPSA) is 88.3 Å². The smallest absolute Gasteiger partial charge is 0.241 e. The third kappa shape index (κ3) is 3.51. The van der Waals surface area contributed by atoms with Crippen molar-refractivity contribution in [3.63, 3.8) is 0 Å². The molecule has 0 saturated carbocycles. The van der Waals surface area contributed by atoms with E-state index >= 15 is 0 Å². The van der Waals surface area contributed by atoms with Gasteiger partial charge in [0.15, 0.2) is 0 Å². The van der Waals surface area contributed by atoms with Gasteiger partial charge in [-0.2, -0.15) is 0 Å². The molecule has 0 spiro atoms. The molecule has 0 bridgehead atoms. The zero-order chi connectivity index (χ0) is 13.7. The Hall–Kier alpha value is -1.95. The van der Waals surface area contributed by atoms with E-state index in [0.29, 0.717) is 32.5 Å². The highest BCUT2D eigenvalue weighted by Gasteiger charge is 2.29. The molecular formula is C13H18N4O2. The summed E-state index contributed by atoms with van der Waals surface area (Å²) in [7, 11) is 0. The Morgan fingerprint density at radius 2 is 2.32 bits per heavy atom. The van der Waals surface area contributed by atoms with Crippen molar-refractivity contribution in [2.24, 2.45) is 5.73 Å². The van der Waals surface area contributed by atoms with Crippen LogP contribution < -0.4 is 11.1 Å². The van der Waals surface area contributed by atoms with E-state index in [4.69, 9.17) is 5.73 Å². The predicted molar refractivity (Wildman–Crippen MR) is 70.1 cm³/mol. The maximum Gasteiger partial charge on any atom is 0.241 e. The van der Waals surface area contributed by atoms with Crippen LogP contribution in [0.1, 0.15) is 12.1 Å². The van der Waals surface area contributed by atoms with Gasteiger partial charge in [-0.15, -0.1) is 0 Å². The van der Waals surface area contributed by atoms with Gasteiger partial charge in [0, 0.05) is 37.9 Å². The summed E-state index contributed by atoms with van der Waals surface area (Å²) in [4.78, 5) is 29.2. The molecule has 1 fully saturated rings. The van der Waals surface area contributed by atoms with E-state index in [0.717, 1.165) is 5.69 Å². The normalized spacial score (nSPS) is 19.2. The minimum absolute atomic E-state index is 0.0454. The Morgan fingerprint density at radius 3 is 3.00 bits per heavy atom. The number of carbonyl (C=O) groups excluding carboxylic acids is 2. The maximum absolute atomic E-state index is 12.1. The summed E-state index contributed by atoms with van der Waals surface area (Å²) in [6, 6.07) is 5.08. The highest BCUT2D eigenvalue weighted by molar-refractivity contribution is 5.87. The number of amides is 2. The Balaban J connectivity index is 1.93. The highest BCUT2D eigenvalue weighted by atomic mass is 16.2. The van der Waals surface area contributed by atoms with Crippen molar-refractivity contribution >= 4 is 11.8 Å². The van der Waals surface area contributed by atoms with Crippen LogP contribution in [0.4, 0.5) is 0 Å². The summed E-state index contributed by atoms with van der Waals surface area (Å²) < 4.78 is 0. The van der Waals surface area contributed by atoms with Gasteiger partial charge in [0.25, 0.3) is 0 Å². The molecule has 19 heavy (non-hydrogen) atoms. The second-order valence-corrected chi connectivity index (χ2v) is 4.53. The molecule has 1 unspecified atom stereocenters. The lowest BCUT2D eigenvalue weighted by atomic mass is 10.1. The molecule has 1 aromatic heterocycles. The van der Waals surface area contributed by atoms with Gasteiger partial charge in [0.2, 0.25) is 11.8 Å². The molecule has 0 aromatic carbocycles. The van der Waals surface area contributed by atoms with Gasteiger partial charge < -0.3 is 16.0 Å². The lowest BCUT2D eigenvalue weighted by molar-refractivity contribution is -0.140. The standard InChI is InChI=1S/C13H18N4O2/c14-13(19)11-9-15-7-8-17(11)12(18)5-4-10-3-1-2-6-16-10/h1-3,6,11,15H,4-5,7-9H2,(H2,14,19). The van der Waals surface area contributed by atoms with Crippen molar-refractivity contribution in [1.29, 1.82) is 0 Å². The molecule has 6 heteroatoms. The number of nitrogens with zero attached hydrogens (tertiary/aromatic N) is 2. The SMILES string of the molecule is NC(=O)C1CNCCN1C(=O)CCc1ccccn1. The second-order valence-electron chi connectivity index (χ2n) is 4.53. The lowest BCUT2D eigenvalue weighted by Crippen LogP contribution is -2.58. The molecule has 2 heterocycles. The fourth-order valence-corrected chi connectivity index (χ4v) is 2.18. The Kier molecular flexibility index (Phi) is 4.46. The molecule has 1 aromatic rings. The highest BCUT2D eigenvalue weighted by Crippen LogP contribution is 2.08. The van der Waals surface area contributed by atoms with Crippen LogP contribution in [-0.4, -0.2) is 47.4 Å². The molecule has 1 saturated heterocycles. The monoisotopic (exact) mass is 262 g/mol. The van der Waals surface area contributed by atoms with Gasteiger partial charge in [0.05, 0.1) is 0 Å². The van der Waals surface area contributed by atoms with E-state index in [1.165, 1.54) is 0 Å². The molecule has 3 N–H and O–H groups in total. The number of hydrogen-bond donors (Lipinski definition) is 2. The van der Waals surface area contributed by atoms with Crippen LogP contribution in [0, 0.1) is 0 Å². The number of hydrogen-bond acceptors (Lipinski definition) is 4. The number of pyridine rings is 1. The van der Waals surface area contributed by atoms with Crippen molar-refractivity contribution in [3.8, 4) is 0 Å². The fraction of sp³-hybridized carbons (Fsp3) is 0.462. The van der Waals surface area contributed by atoms with E-state index in [9.17, 15) is 9.59 Å². The van der Waals surface area contributed by atoms with Gasteiger partial charge in [-0.1, -0.05) is 6.07 Å². The molecule has 1 aliphatic rings. The summed E-state index contributed by atoms with van der Waals surface area (Å²) in [6.45, 7) is 1.65. The molecule has 6 nitrogen and oxygen atoms in total. The van der Waals surface area contributed by atoms with Gasteiger partial charge in [-0.3, -0.25) is 14.6 Å². The van der Waals surface area contributed by atoms with E-state index in [-0.39, 0.29) is 5.91 Å². The van der Waals surface area contributed by atoms with E-state index in [2.05, 4.69) is 10.3 Å². The average Bonchev–Trinajstić information content (AvgIpc) is 2.46. The number of primary amides is 1. The van der Waals surface area contributed by atoms with Gasteiger partial charge in [0.1, 0.15) is 6.04 Å². The lowest BCUT2D eigenvalue weighted by Gasteiger charge is -2.34. The average molecular weight is 262 g/mol.